The van der Waals surface area contributed by atoms with Gasteiger partial charge in [0.15, 0.2) is 6.61 Å². The number of rotatable bonds is 6. The van der Waals surface area contributed by atoms with E-state index in [2.05, 4.69) is 10.2 Å². The van der Waals surface area contributed by atoms with Crippen molar-refractivity contribution in [3.05, 3.63) is 29.8 Å². The van der Waals surface area contributed by atoms with Crippen molar-refractivity contribution in [2.75, 3.05) is 26.2 Å². The Bertz CT molecular complexity index is 518. The van der Waals surface area contributed by atoms with Gasteiger partial charge >= 0.3 is 0 Å². The van der Waals surface area contributed by atoms with Crippen molar-refractivity contribution in [2.45, 2.75) is 25.8 Å². The number of nitriles is 1. The van der Waals surface area contributed by atoms with Crippen molar-refractivity contribution < 1.29 is 9.53 Å². The molecule has 1 aliphatic heterocycles. The number of hydrogen-bond donors (Lipinski definition) is 1. The third-order valence-electron chi connectivity index (χ3n) is 3.50. The molecule has 2 rings (SSSR count). The second-order valence-corrected chi connectivity index (χ2v) is 5.37. The molecule has 0 radical (unpaired) electrons. The van der Waals surface area contributed by atoms with E-state index >= 15 is 0 Å². The molecule has 21 heavy (non-hydrogen) atoms. The van der Waals surface area contributed by atoms with Crippen molar-refractivity contribution in [2.24, 2.45) is 0 Å². The van der Waals surface area contributed by atoms with Crippen molar-refractivity contribution >= 4 is 5.91 Å². The number of hydrogen-bond acceptors (Lipinski definition) is 4. The fourth-order valence-corrected chi connectivity index (χ4v) is 2.54. The summed E-state index contributed by atoms with van der Waals surface area (Å²) in [5, 5.41) is 11.9. The predicted molar refractivity (Wildman–Crippen MR) is 79.9 cm³/mol. The summed E-state index contributed by atoms with van der Waals surface area (Å²) in [4.78, 5) is 14.2. The van der Waals surface area contributed by atoms with Crippen molar-refractivity contribution in [1.29, 1.82) is 5.26 Å². The summed E-state index contributed by atoms with van der Waals surface area (Å²) in [5.74, 6) is 0.289. The van der Waals surface area contributed by atoms with Gasteiger partial charge in [-0.3, -0.25) is 4.79 Å². The number of benzene rings is 1. The minimum Gasteiger partial charge on any atom is -0.482 e. The molecular formula is C16H21N3O2. The first kappa shape index (κ1) is 15.3. The van der Waals surface area contributed by atoms with Crippen LogP contribution in [0.4, 0.5) is 0 Å². The summed E-state index contributed by atoms with van der Waals surface area (Å²) in [6, 6.07) is 9.06. The van der Waals surface area contributed by atoms with Crippen LogP contribution in [0.1, 0.15) is 25.3 Å². The van der Waals surface area contributed by atoms with E-state index < -0.39 is 0 Å². The lowest BCUT2D eigenvalue weighted by atomic mass is 10.2. The second kappa shape index (κ2) is 7.65. The molecule has 0 saturated carbocycles. The fraction of sp³-hybridized carbons (Fsp3) is 0.500. The molecule has 1 heterocycles. The zero-order valence-electron chi connectivity index (χ0n) is 12.3. The van der Waals surface area contributed by atoms with E-state index in [0.717, 1.165) is 19.6 Å². The van der Waals surface area contributed by atoms with E-state index in [-0.39, 0.29) is 18.6 Å². The summed E-state index contributed by atoms with van der Waals surface area (Å²) in [5.41, 5.74) is 0.440. The largest absolute Gasteiger partial charge is 0.482 e. The lowest BCUT2D eigenvalue weighted by Gasteiger charge is -2.21. The summed E-state index contributed by atoms with van der Waals surface area (Å²) < 4.78 is 5.41. The van der Waals surface area contributed by atoms with Crippen LogP contribution in [0.5, 0.6) is 5.75 Å². The number of para-hydroxylation sites is 1. The maximum atomic E-state index is 11.9. The molecule has 1 aromatic carbocycles. The topological polar surface area (TPSA) is 65.4 Å². The van der Waals surface area contributed by atoms with Gasteiger partial charge in [-0.15, -0.1) is 0 Å². The molecular weight excluding hydrogens is 266 g/mol. The van der Waals surface area contributed by atoms with E-state index in [4.69, 9.17) is 10.00 Å². The molecule has 1 amide bonds. The highest BCUT2D eigenvalue weighted by atomic mass is 16.5. The Hall–Kier alpha value is -2.06. The third kappa shape index (κ3) is 4.76. The smallest absolute Gasteiger partial charge is 0.258 e. The average Bonchev–Trinajstić information content (AvgIpc) is 2.98. The lowest BCUT2D eigenvalue weighted by molar-refractivity contribution is -0.123. The van der Waals surface area contributed by atoms with E-state index in [9.17, 15) is 4.79 Å². The number of amides is 1. The highest BCUT2D eigenvalue weighted by Crippen LogP contribution is 2.16. The Labute approximate surface area is 125 Å². The van der Waals surface area contributed by atoms with Gasteiger partial charge in [-0.05, 0) is 45.0 Å². The molecule has 5 heteroatoms. The van der Waals surface area contributed by atoms with Gasteiger partial charge in [0.1, 0.15) is 11.8 Å². The van der Waals surface area contributed by atoms with Crippen LogP contribution in [0.3, 0.4) is 0 Å². The number of carbonyl (C=O) groups is 1. The zero-order valence-corrected chi connectivity index (χ0v) is 12.3. The number of nitrogens with zero attached hydrogens (tertiary/aromatic N) is 2. The summed E-state index contributed by atoms with van der Waals surface area (Å²) in [6.45, 7) is 5.04. The zero-order chi connectivity index (χ0) is 15.1. The normalized spacial score (nSPS) is 16.2. The van der Waals surface area contributed by atoms with E-state index in [1.54, 1.807) is 24.3 Å². The van der Waals surface area contributed by atoms with Gasteiger partial charge in [0, 0.05) is 12.6 Å². The first-order valence-electron chi connectivity index (χ1n) is 7.32. The van der Waals surface area contributed by atoms with Crippen LogP contribution in [0.2, 0.25) is 0 Å². The van der Waals surface area contributed by atoms with Crippen molar-refractivity contribution in [3.63, 3.8) is 0 Å². The maximum Gasteiger partial charge on any atom is 0.258 e. The molecule has 1 aromatic rings. The van der Waals surface area contributed by atoms with Gasteiger partial charge in [-0.1, -0.05) is 12.1 Å². The molecule has 1 atom stereocenters. The highest BCUT2D eigenvalue weighted by Gasteiger charge is 2.16. The molecule has 1 N–H and O–H groups in total. The van der Waals surface area contributed by atoms with Crippen LogP contribution in [0.25, 0.3) is 0 Å². The molecule has 0 aromatic heterocycles. The van der Waals surface area contributed by atoms with Crippen molar-refractivity contribution in [3.8, 4) is 11.8 Å². The van der Waals surface area contributed by atoms with E-state index in [1.165, 1.54) is 12.8 Å². The second-order valence-electron chi connectivity index (χ2n) is 5.37. The van der Waals surface area contributed by atoms with E-state index in [0.29, 0.717) is 11.3 Å². The van der Waals surface area contributed by atoms with E-state index in [1.807, 2.05) is 13.0 Å². The first-order chi connectivity index (χ1) is 10.2. The first-order valence-corrected chi connectivity index (χ1v) is 7.32. The lowest BCUT2D eigenvalue weighted by Crippen LogP contribution is -2.42. The average molecular weight is 287 g/mol. The molecule has 1 saturated heterocycles. The van der Waals surface area contributed by atoms with Gasteiger partial charge in [-0.2, -0.15) is 5.26 Å². The van der Waals surface area contributed by atoms with Gasteiger partial charge in [0.2, 0.25) is 0 Å². The third-order valence-corrected chi connectivity index (χ3v) is 3.50. The monoisotopic (exact) mass is 287 g/mol. The van der Waals surface area contributed by atoms with Gasteiger partial charge < -0.3 is 15.0 Å². The Morgan fingerprint density at radius 1 is 1.43 bits per heavy atom. The molecule has 112 valence electrons. The Morgan fingerprint density at radius 3 is 2.86 bits per heavy atom. The molecule has 1 aliphatic rings. The van der Waals surface area contributed by atoms with Crippen molar-refractivity contribution in [1.82, 2.24) is 10.2 Å². The van der Waals surface area contributed by atoms with Gasteiger partial charge in [-0.25, -0.2) is 0 Å². The minimum atomic E-state index is -0.158. The Morgan fingerprint density at radius 2 is 2.14 bits per heavy atom. The molecule has 0 aliphatic carbocycles. The van der Waals surface area contributed by atoms with Crippen LogP contribution in [0, 0.1) is 11.3 Å². The Balaban J connectivity index is 1.75. The number of likely N-dealkylation sites (tertiary alicyclic amines) is 1. The number of nitrogens with one attached hydrogen (secondary N) is 1. The molecule has 1 fully saturated rings. The van der Waals surface area contributed by atoms with Crippen LogP contribution in [-0.4, -0.2) is 43.1 Å². The molecule has 1 unspecified atom stereocenters. The fourth-order valence-electron chi connectivity index (χ4n) is 2.54. The number of carbonyl (C=O) groups excluding carboxylic acids is 1. The minimum absolute atomic E-state index is 0.0664. The summed E-state index contributed by atoms with van der Waals surface area (Å²) in [7, 11) is 0. The molecule has 0 spiro atoms. The molecule has 5 nitrogen and oxygen atoms in total. The highest BCUT2D eigenvalue weighted by molar-refractivity contribution is 5.77. The van der Waals surface area contributed by atoms with Crippen LogP contribution in [-0.2, 0) is 4.79 Å². The predicted octanol–water partition coefficient (Wildman–Crippen LogP) is 1.54. The quantitative estimate of drug-likeness (QED) is 0.862. The summed E-state index contributed by atoms with van der Waals surface area (Å²) >= 11 is 0. The summed E-state index contributed by atoms with van der Waals surface area (Å²) in [6.07, 6.45) is 2.49. The number of ether oxygens (including phenoxy) is 1. The standard InChI is InChI=1S/C16H21N3O2/c1-13(11-19-8-4-5-9-19)18-16(20)12-21-15-7-3-2-6-14(15)10-17/h2-3,6-7,13H,4-5,8-9,11-12H2,1H3,(H,18,20). The van der Waals surface area contributed by atoms with Crippen LogP contribution >= 0.6 is 0 Å². The maximum absolute atomic E-state index is 11.9. The van der Waals surface area contributed by atoms with Crippen LogP contribution < -0.4 is 10.1 Å². The SMILES string of the molecule is CC(CN1CCCC1)NC(=O)COc1ccccc1C#N. The van der Waals surface area contributed by atoms with Gasteiger partial charge in [0.25, 0.3) is 5.91 Å². The Kier molecular flexibility index (Phi) is 5.59. The van der Waals surface area contributed by atoms with Gasteiger partial charge in [0.05, 0.1) is 5.56 Å². The van der Waals surface area contributed by atoms with Crippen LogP contribution in [0.15, 0.2) is 24.3 Å². The molecule has 0 bridgehead atoms.